The Balaban J connectivity index is 1.60. The van der Waals surface area contributed by atoms with Crippen LogP contribution in [0.1, 0.15) is 16.9 Å². The molecule has 0 aliphatic carbocycles. The molecule has 1 aliphatic rings. The van der Waals surface area contributed by atoms with E-state index in [2.05, 4.69) is 20.8 Å². The fourth-order valence-corrected chi connectivity index (χ4v) is 4.35. The summed E-state index contributed by atoms with van der Waals surface area (Å²) >= 11 is 0. The molecule has 1 fully saturated rings. The van der Waals surface area contributed by atoms with Gasteiger partial charge in [0.2, 0.25) is 0 Å². The summed E-state index contributed by atoms with van der Waals surface area (Å²) in [6.07, 6.45) is 0.435. The first kappa shape index (κ1) is 18.1. The Morgan fingerprint density at radius 1 is 1.12 bits per heavy atom. The van der Waals surface area contributed by atoms with Crippen LogP contribution in [0.25, 0.3) is 0 Å². The minimum Gasteiger partial charge on any atom is -0.378 e. The monoisotopic (exact) mass is 375 g/mol. The molecular formula is C17H21N5O3S. The van der Waals surface area contributed by atoms with Gasteiger partial charge in [-0.15, -0.1) is 10.2 Å². The average molecular weight is 375 g/mol. The first-order chi connectivity index (χ1) is 12.3. The molecule has 1 amide bonds. The van der Waals surface area contributed by atoms with Crippen LogP contribution in [0.15, 0.2) is 36.4 Å². The third-order valence-electron chi connectivity index (χ3n) is 4.12. The molecule has 1 unspecified atom stereocenters. The van der Waals surface area contributed by atoms with E-state index in [4.69, 9.17) is 0 Å². The van der Waals surface area contributed by atoms with Gasteiger partial charge in [-0.2, -0.15) is 0 Å². The fourth-order valence-electron chi connectivity index (χ4n) is 2.68. The van der Waals surface area contributed by atoms with Crippen molar-refractivity contribution < 1.29 is 13.2 Å². The predicted molar refractivity (Wildman–Crippen MR) is 101 cm³/mol. The minimum atomic E-state index is -3.04. The van der Waals surface area contributed by atoms with E-state index in [1.54, 1.807) is 12.1 Å². The molecule has 9 heteroatoms. The molecule has 1 atom stereocenters. The van der Waals surface area contributed by atoms with E-state index in [-0.39, 0.29) is 23.2 Å². The number of carbonyl (C=O) groups excluding carboxylic acids is 1. The van der Waals surface area contributed by atoms with E-state index >= 15 is 0 Å². The second-order valence-corrected chi connectivity index (χ2v) is 8.67. The van der Waals surface area contributed by atoms with Crippen LogP contribution < -0.4 is 15.5 Å². The first-order valence-corrected chi connectivity index (χ1v) is 10.0. The third-order valence-corrected chi connectivity index (χ3v) is 5.89. The van der Waals surface area contributed by atoms with Crippen molar-refractivity contribution >= 4 is 32.9 Å². The number of rotatable bonds is 5. The number of hydrogen-bond acceptors (Lipinski definition) is 7. The second kappa shape index (κ2) is 7.28. The fraction of sp³-hybridized carbons (Fsp3) is 0.353. The van der Waals surface area contributed by atoms with Gasteiger partial charge in [-0.05, 0) is 42.8 Å². The SMILES string of the molecule is CN(C)c1ccc(Nc2ccc(C(=O)NC3CCS(=O)(=O)C3)nn2)cc1. The molecular weight excluding hydrogens is 354 g/mol. The lowest BCUT2D eigenvalue weighted by Gasteiger charge is -2.13. The summed E-state index contributed by atoms with van der Waals surface area (Å²) in [7, 11) is 0.905. The highest BCUT2D eigenvalue weighted by atomic mass is 32.2. The van der Waals surface area contributed by atoms with Crippen LogP contribution in [0.5, 0.6) is 0 Å². The van der Waals surface area contributed by atoms with E-state index in [1.807, 2.05) is 43.3 Å². The lowest BCUT2D eigenvalue weighted by atomic mass is 10.2. The van der Waals surface area contributed by atoms with Crippen molar-refractivity contribution in [2.24, 2.45) is 0 Å². The molecule has 138 valence electrons. The van der Waals surface area contributed by atoms with Gasteiger partial charge < -0.3 is 15.5 Å². The largest absolute Gasteiger partial charge is 0.378 e. The molecule has 1 saturated heterocycles. The van der Waals surface area contributed by atoms with Crippen molar-refractivity contribution in [1.29, 1.82) is 0 Å². The maximum Gasteiger partial charge on any atom is 0.272 e. The lowest BCUT2D eigenvalue weighted by Crippen LogP contribution is -2.36. The Kier molecular flexibility index (Phi) is 5.08. The molecule has 26 heavy (non-hydrogen) atoms. The molecule has 0 saturated carbocycles. The van der Waals surface area contributed by atoms with Crippen LogP contribution in [-0.2, 0) is 9.84 Å². The number of nitrogens with one attached hydrogen (secondary N) is 2. The number of aromatic nitrogens is 2. The Morgan fingerprint density at radius 3 is 2.38 bits per heavy atom. The number of anilines is 3. The number of carbonyl (C=O) groups is 1. The van der Waals surface area contributed by atoms with Gasteiger partial charge in [-0.1, -0.05) is 0 Å². The minimum absolute atomic E-state index is 0.0191. The molecule has 0 radical (unpaired) electrons. The van der Waals surface area contributed by atoms with Gasteiger partial charge in [0, 0.05) is 31.5 Å². The van der Waals surface area contributed by atoms with E-state index < -0.39 is 15.7 Å². The maximum atomic E-state index is 12.1. The van der Waals surface area contributed by atoms with Crippen molar-refractivity contribution in [3.05, 3.63) is 42.1 Å². The van der Waals surface area contributed by atoms with Crippen LogP contribution >= 0.6 is 0 Å². The highest BCUT2D eigenvalue weighted by molar-refractivity contribution is 7.91. The van der Waals surface area contributed by atoms with Crippen LogP contribution in [0.2, 0.25) is 0 Å². The topological polar surface area (TPSA) is 104 Å². The highest BCUT2D eigenvalue weighted by Crippen LogP contribution is 2.19. The van der Waals surface area contributed by atoms with Crippen molar-refractivity contribution in [2.45, 2.75) is 12.5 Å². The average Bonchev–Trinajstić information content (AvgIpc) is 2.94. The summed E-state index contributed by atoms with van der Waals surface area (Å²) in [4.78, 5) is 14.2. The van der Waals surface area contributed by atoms with E-state index in [0.717, 1.165) is 11.4 Å². The summed E-state index contributed by atoms with van der Waals surface area (Å²) < 4.78 is 22.9. The van der Waals surface area contributed by atoms with Gasteiger partial charge in [0.25, 0.3) is 5.91 Å². The Hall–Kier alpha value is -2.68. The Bertz CT molecular complexity index is 880. The van der Waals surface area contributed by atoms with Crippen LogP contribution in [0, 0.1) is 0 Å². The zero-order chi connectivity index (χ0) is 18.7. The Labute approximate surface area is 152 Å². The van der Waals surface area contributed by atoms with Crippen LogP contribution in [0.3, 0.4) is 0 Å². The molecule has 0 spiro atoms. The summed E-state index contributed by atoms with van der Waals surface area (Å²) in [6.45, 7) is 0. The number of amides is 1. The van der Waals surface area contributed by atoms with E-state index in [1.165, 1.54) is 0 Å². The highest BCUT2D eigenvalue weighted by Gasteiger charge is 2.29. The predicted octanol–water partition coefficient (Wildman–Crippen LogP) is 1.20. The van der Waals surface area contributed by atoms with Crippen LogP contribution in [-0.4, -0.2) is 56.2 Å². The van der Waals surface area contributed by atoms with E-state index in [9.17, 15) is 13.2 Å². The second-order valence-electron chi connectivity index (χ2n) is 6.44. The zero-order valence-corrected chi connectivity index (χ0v) is 15.5. The summed E-state index contributed by atoms with van der Waals surface area (Å²) in [5, 5.41) is 13.7. The molecule has 8 nitrogen and oxygen atoms in total. The van der Waals surface area contributed by atoms with Gasteiger partial charge in [0.15, 0.2) is 21.3 Å². The van der Waals surface area contributed by atoms with Gasteiger partial charge in [0.05, 0.1) is 11.5 Å². The summed E-state index contributed by atoms with van der Waals surface area (Å²) in [5.41, 5.74) is 2.10. The van der Waals surface area contributed by atoms with E-state index in [0.29, 0.717) is 12.2 Å². The molecule has 0 bridgehead atoms. The maximum absolute atomic E-state index is 12.1. The molecule has 2 N–H and O–H groups in total. The summed E-state index contributed by atoms with van der Waals surface area (Å²) in [6, 6.07) is 10.7. The van der Waals surface area contributed by atoms with Crippen molar-refractivity contribution in [3.8, 4) is 0 Å². The number of nitrogens with zero attached hydrogens (tertiary/aromatic N) is 3. The molecule has 1 aliphatic heterocycles. The quantitative estimate of drug-likeness (QED) is 0.809. The summed E-state index contributed by atoms with van der Waals surface area (Å²) in [5.74, 6) is 0.192. The smallest absolute Gasteiger partial charge is 0.272 e. The number of benzene rings is 1. The van der Waals surface area contributed by atoms with Gasteiger partial charge >= 0.3 is 0 Å². The Morgan fingerprint density at radius 2 is 1.85 bits per heavy atom. The van der Waals surface area contributed by atoms with Gasteiger partial charge in [-0.3, -0.25) is 4.79 Å². The molecule has 1 aromatic heterocycles. The standard InChI is InChI=1S/C17H21N5O3S/c1-22(2)14-5-3-12(4-6-14)18-16-8-7-15(20-21-16)17(23)19-13-9-10-26(24,25)11-13/h3-8,13H,9-11H2,1-2H3,(H,18,21)(H,19,23). The van der Waals surface area contributed by atoms with Crippen molar-refractivity contribution in [3.63, 3.8) is 0 Å². The van der Waals surface area contributed by atoms with Crippen molar-refractivity contribution in [2.75, 3.05) is 35.8 Å². The molecule has 1 aromatic carbocycles. The van der Waals surface area contributed by atoms with Gasteiger partial charge in [0.1, 0.15) is 0 Å². The normalized spacial score (nSPS) is 18.3. The molecule has 2 heterocycles. The number of sulfone groups is 1. The molecule has 2 aromatic rings. The van der Waals surface area contributed by atoms with Crippen LogP contribution in [0.4, 0.5) is 17.2 Å². The third kappa shape index (κ3) is 4.48. The zero-order valence-electron chi connectivity index (χ0n) is 14.6. The number of hydrogen-bond donors (Lipinski definition) is 2. The van der Waals surface area contributed by atoms with Crippen molar-refractivity contribution in [1.82, 2.24) is 15.5 Å². The first-order valence-electron chi connectivity index (χ1n) is 8.22. The lowest BCUT2D eigenvalue weighted by molar-refractivity contribution is 0.0935. The molecule has 3 rings (SSSR count). The van der Waals surface area contributed by atoms with Gasteiger partial charge in [-0.25, -0.2) is 8.42 Å².